The van der Waals surface area contributed by atoms with Crippen LogP contribution < -0.4 is 0 Å². The van der Waals surface area contributed by atoms with E-state index in [1.165, 1.54) is 0 Å². The Balaban J connectivity index is 3.05. The van der Waals surface area contributed by atoms with E-state index in [0.717, 1.165) is 5.56 Å². The Kier molecular flexibility index (Phi) is 3.50. The van der Waals surface area contributed by atoms with Crippen molar-refractivity contribution in [3.05, 3.63) is 17.5 Å². The minimum absolute atomic E-state index is 0.00718. The van der Waals surface area contributed by atoms with Crippen molar-refractivity contribution >= 4 is 5.97 Å². The maximum Gasteiger partial charge on any atom is 0.309 e. The largest absolute Gasteiger partial charge is 0.481 e. The quantitative estimate of drug-likeness (QED) is 0.829. The lowest BCUT2D eigenvalue weighted by Crippen LogP contribution is -2.05. The lowest BCUT2D eigenvalue weighted by Gasteiger charge is -2.03. The van der Waals surface area contributed by atoms with Gasteiger partial charge in [0.15, 0.2) is 0 Å². The molecule has 15 heavy (non-hydrogen) atoms. The Labute approximate surface area is 89.9 Å². The van der Waals surface area contributed by atoms with Gasteiger partial charge in [0.05, 0.1) is 12.1 Å². The molecule has 0 unspecified atom stereocenters. The van der Waals surface area contributed by atoms with E-state index in [-0.39, 0.29) is 12.5 Å². The summed E-state index contributed by atoms with van der Waals surface area (Å²) in [7, 11) is 0. The number of hydrogen-bond acceptors (Lipinski definition) is 2. The molecule has 0 atom stereocenters. The van der Waals surface area contributed by atoms with Crippen LogP contribution in [0, 0.1) is 0 Å². The highest BCUT2D eigenvalue weighted by Crippen LogP contribution is 2.20. The van der Waals surface area contributed by atoms with Gasteiger partial charge in [-0.3, -0.25) is 9.48 Å². The minimum atomic E-state index is -0.828. The molecule has 0 radical (unpaired) electrons. The average molecular weight is 210 g/mol. The van der Waals surface area contributed by atoms with Gasteiger partial charge in [-0.15, -0.1) is 0 Å². The maximum atomic E-state index is 10.7. The van der Waals surface area contributed by atoms with Crippen molar-refractivity contribution in [3.63, 3.8) is 0 Å². The molecule has 0 amide bonds. The van der Waals surface area contributed by atoms with Crippen LogP contribution in [-0.4, -0.2) is 20.9 Å². The Morgan fingerprint density at radius 1 is 1.47 bits per heavy atom. The second-order valence-corrected chi connectivity index (χ2v) is 4.33. The topological polar surface area (TPSA) is 55.1 Å². The number of aliphatic carboxylic acids is 1. The number of aromatic nitrogens is 2. The first-order valence-electron chi connectivity index (χ1n) is 5.21. The van der Waals surface area contributed by atoms with Crippen molar-refractivity contribution < 1.29 is 9.90 Å². The zero-order valence-electron chi connectivity index (χ0n) is 9.69. The lowest BCUT2D eigenvalue weighted by atomic mass is 10.0. The number of hydrogen-bond donors (Lipinski definition) is 1. The third-order valence-corrected chi connectivity index (χ3v) is 2.31. The molecule has 1 aromatic heterocycles. The third-order valence-electron chi connectivity index (χ3n) is 2.31. The van der Waals surface area contributed by atoms with Crippen LogP contribution in [0.3, 0.4) is 0 Å². The van der Waals surface area contributed by atoms with Gasteiger partial charge in [-0.2, -0.15) is 5.10 Å². The monoisotopic (exact) mass is 210 g/mol. The Hall–Kier alpha value is -1.32. The van der Waals surface area contributed by atoms with E-state index in [1.54, 1.807) is 0 Å². The summed E-state index contributed by atoms with van der Waals surface area (Å²) in [5.41, 5.74) is 1.72. The van der Waals surface area contributed by atoms with Crippen LogP contribution in [0.25, 0.3) is 0 Å². The van der Waals surface area contributed by atoms with Crippen LogP contribution in [0.1, 0.15) is 50.9 Å². The fraction of sp³-hybridized carbons (Fsp3) is 0.636. The van der Waals surface area contributed by atoms with E-state index in [0.29, 0.717) is 11.6 Å². The van der Waals surface area contributed by atoms with E-state index >= 15 is 0 Å². The number of carboxylic acid groups (broad SMARTS) is 1. The second-order valence-electron chi connectivity index (χ2n) is 4.33. The number of carboxylic acids is 1. The Bertz CT molecular complexity index is 353. The Morgan fingerprint density at radius 3 is 2.47 bits per heavy atom. The molecule has 0 saturated heterocycles. The molecule has 1 rings (SSSR count). The van der Waals surface area contributed by atoms with E-state index in [2.05, 4.69) is 5.10 Å². The zero-order valence-corrected chi connectivity index (χ0v) is 9.69. The molecular formula is C11H18N2O2. The van der Waals surface area contributed by atoms with Gasteiger partial charge >= 0.3 is 5.97 Å². The van der Waals surface area contributed by atoms with Gasteiger partial charge in [-0.05, 0) is 25.3 Å². The van der Waals surface area contributed by atoms with E-state index in [1.807, 2.05) is 38.6 Å². The van der Waals surface area contributed by atoms with Gasteiger partial charge in [0, 0.05) is 12.2 Å². The van der Waals surface area contributed by atoms with E-state index in [4.69, 9.17) is 5.11 Å². The fourth-order valence-electron chi connectivity index (χ4n) is 1.47. The fourth-order valence-corrected chi connectivity index (χ4v) is 1.47. The van der Waals surface area contributed by atoms with Crippen molar-refractivity contribution in [2.75, 3.05) is 0 Å². The molecule has 4 heteroatoms. The molecule has 0 aliphatic carbocycles. The molecule has 1 N–H and O–H groups in total. The zero-order chi connectivity index (χ0) is 11.6. The van der Waals surface area contributed by atoms with Gasteiger partial charge < -0.3 is 5.11 Å². The first-order chi connectivity index (χ1) is 6.91. The summed E-state index contributed by atoms with van der Waals surface area (Å²) in [5.74, 6) is -0.516. The van der Waals surface area contributed by atoms with Crippen molar-refractivity contribution in [3.8, 4) is 0 Å². The van der Waals surface area contributed by atoms with Gasteiger partial charge in [-0.1, -0.05) is 13.8 Å². The molecule has 0 fully saturated rings. The lowest BCUT2D eigenvalue weighted by molar-refractivity contribution is -0.136. The van der Waals surface area contributed by atoms with Crippen LogP contribution in [0.15, 0.2) is 6.20 Å². The van der Waals surface area contributed by atoms with Crippen molar-refractivity contribution in [1.29, 1.82) is 0 Å². The highest BCUT2D eigenvalue weighted by Gasteiger charge is 2.15. The molecule has 1 heterocycles. The molecule has 0 aliphatic rings. The summed E-state index contributed by atoms with van der Waals surface area (Å²) < 4.78 is 1.83. The first kappa shape index (κ1) is 11.8. The summed E-state index contributed by atoms with van der Waals surface area (Å²) in [6.07, 6.45) is 1.96. The predicted molar refractivity (Wildman–Crippen MR) is 58.0 cm³/mol. The summed E-state index contributed by atoms with van der Waals surface area (Å²) in [6.45, 7) is 8.16. The second kappa shape index (κ2) is 4.47. The van der Waals surface area contributed by atoms with Gasteiger partial charge in [0.25, 0.3) is 0 Å². The highest BCUT2D eigenvalue weighted by atomic mass is 16.4. The van der Waals surface area contributed by atoms with Crippen LogP contribution in [0.4, 0.5) is 0 Å². The van der Waals surface area contributed by atoms with Crippen LogP contribution >= 0.6 is 0 Å². The molecule has 0 bridgehead atoms. The molecule has 0 spiro atoms. The standard InChI is InChI=1S/C11H18N2O2/c1-7(2)9-6-13(8(3)4)12-10(9)5-11(14)15/h6-8H,5H2,1-4H3,(H,14,15). The minimum Gasteiger partial charge on any atom is -0.481 e. The number of rotatable bonds is 4. The van der Waals surface area contributed by atoms with Crippen molar-refractivity contribution in [1.82, 2.24) is 9.78 Å². The Morgan fingerprint density at radius 2 is 2.07 bits per heavy atom. The number of carbonyl (C=O) groups is 1. The first-order valence-corrected chi connectivity index (χ1v) is 5.21. The molecule has 1 aromatic rings. The van der Waals surface area contributed by atoms with Gasteiger partial charge in [0.1, 0.15) is 0 Å². The predicted octanol–water partition coefficient (Wildman–Crippen LogP) is 2.21. The summed E-state index contributed by atoms with van der Waals surface area (Å²) in [6, 6.07) is 0.269. The molecule has 0 aromatic carbocycles. The number of nitrogens with zero attached hydrogens (tertiary/aromatic N) is 2. The average Bonchev–Trinajstić information content (AvgIpc) is 2.46. The smallest absolute Gasteiger partial charge is 0.309 e. The highest BCUT2D eigenvalue weighted by molar-refractivity contribution is 5.70. The molecule has 84 valence electrons. The van der Waals surface area contributed by atoms with Crippen LogP contribution in [0.2, 0.25) is 0 Å². The molecular weight excluding hydrogens is 192 g/mol. The van der Waals surface area contributed by atoms with Gasteiger partial charge in [-0.25, -0.2) is 0 Å². The molecule has 0 aliphatic heterocycles. The van der Waals surface area contributed by atoms with Gasteiger partial charge in [0.2, 0.25) is 0 Å². The molecule has 4 nitrogen and oxygen atoms in total. The van der Waals surface area contributed by atoms with Crippen molar-refractivity contribution in [2.24, 2.45) is 0 Å². The summed E-state index contributed by atoms with van der Waals surface area (Å²) >= 11 is 0. The normalized spacial score (nSPS) is 11.3. The third kappa shape index (κ3) is 2.81. The summed E-state index contributed by atoms with van der Waals surface area (Å²) in [5, 5.41) is 13.1. The van der Waals surface area contributed by atoms with Crippen LogP contribution in [-0.2, 0) is 11.2 Å². The molecule has 0 saturated carbocycles. The maximum absolute atomic E-state index is 10.7. The summed E-state index contributed by atoms with van der Waals surface area (Å²) in [4.78, 5) is 10.7. The van der Waals surface area contributed by atoms with Crippen molar-refractivity contribution in [2.45, 2.75) is 46.1 Å². The SMILES string of the molecule is CC(C)c1cn(C(C)C)nc1CC(=O)O. The van der Waals surface area contributed by atoms with Crippen LogP contribution in [0.5, 0.6) is 0 Å². The van der Waals surface area contributed by atoms with E-state index < -0.39 is 5.97 Å². The van der Waals surface area contributed by atoms with E-state index in [9.17, 15) is 4.79 Å².